The lowest BCUT2D eigenvalue weighted by atomic mass is 9.90. The van der Waals surface area contributed by atoms with E-state index < -0.39 is 11.7 Å². The van der Waals surface area contributed by atoms with Crippen molar-refractivity contribution in [1.29, 1.82) is 0 Å². The molecule has 0 radical (unpaired) electrons. The molecule has 1 saturated carbocycles. The van der Waals surface area contributed by atoms with Gasteiger partial charge in [-0.05, 0) is 48.4 Å². The van der Waals surface area contributed by atoms with Crippen LogP contribution in [0.25, 0.3) is 0 Å². The Balaban J connectivity index is 0.00000190. The first-order valence-electron chi connectivity index (χ1n) is 12.1. The molecule has 3 fully saturated rings. The molecule has 37 heavy (non-hydrogen) atoms. The number of nitrogens with zero attached hydrogens (tertiary/aromatic N) is 4. The average molecular weight is 560 g/mol. The number of halogens is 5. The molecule has 2 aliphatic heterocycles. The average Bonchev–Trinajstić information content (AvgIpc) is 3.64. The third-order valence-electron chi connectivity index (χ3n) is 7.27. The fraction of sp³-hybridized carbons (Fsp3) is 0.520. The SMILES string of the molecule is CCC1CNC(=O)[C@H]1c1ccc(C(=O)N2CCN(c3ncc(C(F)(F)F)cc3C3CC3)CC2)cn1.Cl.Cl. The molecule has 0 aromatic carbocycles. The highest BCUT2D eigenvalue weighted by Crippen LogP contribution is 2.45. The van der Waals surface area contributed by atoms with Crippen molar-refractivity contribution in [3.8, 4) is 0 Å². The topological polar surface area (TPSA) is 78.4 Å². The van der Waals surface area contributed by atoms with Crippen LogP contribution in [0, 0.1) is 5.92 Å². The zero-order valence-corrected chi connectivity index (χ0v) is 22.0. The predicted molar refractivity (Wildman–Crippen MR) is 138 cm³/mol. The van der Waals surface area contributed by atoms with Crippen molar-refractivity contribution in [2.75, 3.05) is 37.6 Å². The molecule has 1 unspecified atom stereocenters. The fourth-order valence-electron chi connectivity index (χ4n) is 5.04. The van der Waals surface area contributed by atoms with Crippen molar-refractivity contribution >= 4 is 42.4 Å². The summed E-state index contributed by atoms with van der Waals surface area (Å²) in [7, 11) is 0. The molecule has 4 heterocycles. The summed E-state index contributed by atoms with van der Waals surface area (Å²) in [6.45, 7) is 4.56. The Morgan fingerprint density at radius 1 is 1.08 bits per heavy atom. The van der Waals surface area contributed by atoms with E-state index in [1.165, 1.54) is 12.3 Å². The molecule has 5 rings (SSSR count). The van der Waals surface area contributed by atoms with Crippen LogP contribution in [0.3, 0.4) is 0 Å². The van der Waals surface area contributed by atoms with Gasteiger partial charge in [0.15, 0.2) is 0 Å². The van der Waals surface area contributed by atoms with Crippen molar-refractivity contribution in [3.05, 3.63) is 53.0 Å². The summed E-state index contributed by atoms with van der Waals surface area (Å²) in [5.41, 5.74) is 1.07. The van der Waals surface area contributed by atoms with Crippen molar-refractivity contribution in [2.24, 2.45) is 5.92 Å². The number of aromatic nitrogens is 2. The quantitative estimate of drug-likeness (QED) is 0.586. The highest BCUT2D eigenvalue weighted by molar-refractivity contribution is 5.94. The Morgan fingerprint density at radius 2 is 1.78 bits per heavy atom. The molecular formula is C25H30Cl2F3N5O2. The molecule has 0 bridgehead atoms. The first-order chi connectivity index (χ1) is 16.8. The van der Waals surface area contributed by atoms with Gasteiger partial charge in [-0.2, -0.15) is 13.2 Å². The van der Waals surface area contributed by atoms with Crippen LogP contribution < -0.4 is 10.2 Å². The van der Waals surface area contributed by atoms with E-state index in [0.29, 0.717) is 55.4 Å². The van der Waals surface area contributed by atoms with E-state index in [-0.39, 0.29) is 54.4 Å². The number of pyridine rings is 2. The minimum atomic E-state index is -4.41. The summed E-state index contributed by atoms with van der Waals surface area (Å²) < 4.78 is 39.5. The third kappa shape index (κ3) is 5.95. The number of piperazine rings is 1. The van der Waals surface area contributed by atoms with Gasteiger partial charge in [0.05, 0.1) is 22.7 Å². The maximum Gasteiger partial charge on any atom is 0.417 e. The number of carbonyl (C=O) groups is 2. The molecule has 1 N–H and O–H groups in total. The highest BCUT2D eigenvalue weighted by atomic mass is 35.5. The van der Waals surface area contributed by atoms with E-state index in [1.54, 1.807) is 17.0 Å². The molecule has 2 atom stereocenters. The van der Waals surface area contributed by atoms with Gasteiger partial charge in [-0.25, -0.2) is 4.98 Å². The van der Waals surface area contributed by atoms with Crippen LogP contribution in [0.15, 0.2) is 30.6 Å². The van der Waals surface area contributed by atoms with E-state index in [4.69, 9.17) is 0 Å². The van der Waals surface area contributed by atoms with Crippen LogP contribution in [0.4, 0.5) is 19.0 Å². The molecule has 3 aliphatic rings. The molecule has 2 aromatic rings. The number of alkyl halides is 3. The third-order valence-corrected chi connectivity index (χ3v) is 7.27. The van der Waals surface area contributed by atoms with Crippen LogP contribution >= 0.6 is 24.8 Å². The molecule has 1 aliphatic carbocycles. The highest BCUT2D eigenvalue weighted by Gasteiger charge is 2.37. The number of hydrogen-bond donors (Lipinski definition) is 1. The zero-order chi connectivity index (χ0) is 24.7. The molecule has 12 heteroatoms. The maximum absolute atomic E-state index is 13.2. The van der Waals surface area contributed by atoms with Crippen LogP contribution in [0.2, 0.25) is 0 Å². The van der Waals surface area contributed by atoms with Crippen LogP contribution in [-0.4, -0.2) is 59.4 Å². The monoisotopic (exact) mass is 559 g/mol. The van der Waals surface area contributed by atoms with Crippen LogP contribution in [0.5, 0.6) is 0 Å². The summed E-state index contributed by atoms with van der Waals surface area (Å²) in [5, 5.41) is 2.88. The standard InChI is InChI=1S/C25H28F3N5O2.2ClH/c1-2-15-12-31-23(34)21(15)20-6-5-17(13-29-20)24(35)33-9-7-32(8-10-33)22-19(16-3-4-16)11-18(14-30-22)25(26,27)28;;/h5-6,11,13-16,21H,2-4,7-10,12H2,1H3,(H,31,34);2*1H/t15?,21-;;/m1../s1. The summed E-state index contributed by atoms with van der Waals surface area (Å²) in [6, 6.07) is 4.71. The molecule has 0 spiro atoms. The summed E-state index contributed by atoms with van der Waals surface area (Å²) >= 11 is 0. The number of hydrogen-bond acceptors (Lipinski definition) is 5. The Bertz CT molecular complexity index is 1120. The molecule has 7 nitrogen and oxygen atoms in total. The molecule has 2 amide bonds. The Morgan fingerprint density at radius 3 is 2.35 bits per heavy atom. The van der Waals surface area contributed by atoms with E-state index in [1.807, 2.05) is 11.8 Å². The van der Waals surface area contributed by atoms with Crippen molar-refractivity contribution in [1.82, 2.24) is 20.2 Å². The van der Waals surface area contributed by atoms with Gasteiger partial charge in [0.2, 0.25) is 5.91 Å². The van der Waals surface area contributed by atoms with Gasteiger partial charge in [-0.3, -0.25) is 14.6 Å². The van der Waals surface area contributed by atoms with E-state index >= 15 is 0 Å². The Kier molecular flexibility index (Phi) is 8.95. The normalized spacial score (nSPS) is 21.7. The molecular weight excluding hydrogens is 530 g/mol. The smallest absolute Gasteiger partial charge is 0.355 e. The van der Waals surface area contributed by atoms with E-state index in [2.05, 4.69) is 15.3 Å². The summed E-state index contributed by atoms with van der Waals surface area (Å²) in [6.07, 6.45) is 0.637. The number of carbonyl (C=O) groups excluding carboxylic acids is 2. The number of amides is 2. The van der Waals surface area contributed by atoms with E-state index in [9.17, 15) is 22.8 Å². The van der Waals surface area contributed by atoms with E-state index in [0.717, 1.165) is 25.5 Å². The lowest BCUT2D eigenvalue weighted by molar-refractivity contribution is -0.137. The first-order valence-corrected chi connectivity index (χ1v) is 12.1. The van der Waals surface area contributed by atoms with Gasteiger partial charge in [0.1, 0.15) is 5.82 Å². The first kappa shape index (κ1) is 29.0. The van der Waals surface area contributed by atoms with Gasteiger partial charge in [-0.1, -0.05) is 13.3 Å². The minimum Gasteiger partial charge on any atom is -0.355 e. The Hall–Kier alpha value is -2.59. The van der Waals surface area contributed by atoms with Gasteiger partial charge in [0.25, 0.3) is 5.91 Å². The predicted octanol–water partition coefficient (Wildman–Crippen LogP) is 4.42. The maximum atomic E-state index is 13.2. The summed E-state index contributed by atoms with van der Waals surface area (Å²) in [5.74, 6) is 0.460. The lowest BCUT2D eigenvalue weighted by Crippen LogP contribution is -2.49. The zero-order valence-electron chi connectivity index (χ0n) is 20.3. The van der Waals surface area contributed by atoms with Gasteiger partial charge >= 0.3 is 6.18 Å². The lowest BCUT2D eigenvalue weighted by Gasteiger charge is -2.36. The fourth-order valence-corrected chi connectivity index (χ4v) is 5.04. The summed E-state index contributed by atoms with van der Waals surface area (Å²) in [4.78, 5) is 37.6. The number of nitrogens with one attached hydrogen (secondary N) is 1. The van der Waals surface area contributed by atoms with Gasteiger partial charge < -0.3 is 15.1 Å². The number of rotatable bonds is 5. The van der Waals surface area contributed by atoms with Gasteiger partial charge in [0, 0.05) is 45.1 Å². The molecule has 2 saturated heterocycles. The van der Waals surface area contributed by atoms with Crippen LogP contribution in [-0.2, 0) is 11.0 Å². The van der Waals surface area contributed by atoms with Crippen LogP contribution in [0.1, 0.15) is 65.2 Å². The molecule has 202 valence electrons. The Labute approximate surface area is 226 Å². The second-order valence-corrected chi connectivity index (χ2v) is 9.55. The van der Waals surface area contributed by atoms with Crippen molar-refractivity contribution in [2.45, 2.75) is 44.2 Å². The molecule has 2 aromatic heterocycles. The second kappa shape index (κ2) is 11.4. The largest absolute Gasteiger partial charge is 0.417 e. The van der Waals surface area contributed by atoms with Gasteiger partial charge in [-0.15, -0.1) is 24.8 Å². The second-order valence-electron chi connectivity index (χ2n) is 9.55. The minimum absolute atomic E-state index is 0. The van der Waals surface area contributed by atoms with Crippen molar-refractivity contribution in [3.63, 3.8) is 0 Å². The van der Waals surface area contributed by atoms with Crippen molar-refractivity contribution < 1.29 is 22.8 Å². The number of anilines is 1.